The maximum absolute atomic E-state index is 11.1. The van der Waals surface area contributed by atoms with E-state index in [0.29, 0.717) is 16.6 Å². The Morgan fingerprint density at radius 1 is 1.54 bits per heavy atom. The van der Waals surface area contributed by atoms with Crippen LogP contribution in [0.5, 0.6) is 0 Å². The number of carbonyl (C=O) groups is 1. The minimum absolute atomic E-state index is 0.340. The molecule has 0 spiro atoms. The number of thiophene rings is 1. The largest absolute Gasteiger partial charge is 0.465 e. The van der Waals surface area contributed by atoms with Gasteiger partial charge in [-0.2, -0.15) is 0 Å². The molecule has 0 aliphatic carbocycles. The van der Waals surface area contributed by atoms with Crippen molar-refractivity contribution < 1.29 is 9.53 Å². The number of carbonyl (C=O) groups excluding carboxylic acids is 1. The Balaban J connectivity index is 2.99. The van der Waals surface area contributed by atoms with Crippen molar-refractivity contribution in [1.29, 1.82) is 0 Å². The molecule has 0 saturated heterocycles. The lowest BCUT2D eigenvalue weighted by molar-refractivity contribution is 0.0606. The first kappa shape index (κ1) is 10.8. The molecular weight excluding hydrogens is 231 g/mol. The van der Waals surface area contributed by atoms with Crippen LogP contribution in [-0.4, -0.2) is 13.1 Å². The first-order valence-corrected chi connectivity index (χ1v) is 5.43. The van der Waals surface area contributed by atoms with E-state index in [1.54, 1.807) is 6.07 Å². The Morgan fingerprint density at radius 2 is 2.23 bits per heavy atom. The Hall–Kier alpha value is -0.250. The summed E-state index contributed by atoms with van der Waals surface area (Å²) in [5.74, 6) is 0.409. The number of methoxy groups -OCH3 is 1. The fourth-order valence-corrected chi connectivity index (χ4v) is 2.50. The number of hydrogen-bond acceptors (Lipinski definition) is 3. The summed E-state index contributed by atoms with van der Waals surface area (Å²) in [5, 5.41) is 0. The molecule has 0 aliphatic rings. The molecule has 0 amide bonds. The van der Waals surface area contributed by atoms with Gasteiger partial charge < -0.3 is 4.74 Å². The smallest absolute Gasteiger partial charge is 0.348 e. The highest BCUT2D eigenvalue weighted by Crippen LogP contribution is 2.26. The maximum atomic E-state index is 11.1. The molecule has 0 aromatic carbocycles. The van der Waals surface area contributed by atoms with Crippen LogP contribution in [0.2, 0.25) is 0 Å². The second-order valence-corrected chi connectivity index (χ2v) is 3.99. The van der Waals surface area contributed by atoms with Gasteiger partial charge in [-0.25, -0.2) is 4.79 Å². The fraction of sp³-hybridized carbons (Fsp3) is 0.375. The van der Waals surface area contributed by atoms with Crippen LogP contribution in [0.15, 0.2) is 6.07 Å². The molecule has 0 unspecified atom stereocenters. The zero-order valence-corrected chi connectivity index (χ0v) is 9.30. The Bertz CT molecular complexity index is 288. The van der Waals surface area contributed by atoms with Gasteiger partial charge in [0.2, 0.25) is 0 Å². The molecule has 13 heavy (non-hydrogen) atoms. The van der Waals surface area contributed by atoms with E-state index in [1.807, 2.05) is 0 Å². The van der Waals surface area contributed by atoms with E-state index in [9.17, 15) is 4.79 Å². The van der Waals surface area contributed by atoms with Gasteiger partial charge in [-0.1, -0.05) is 0 Å². The van der Waals surface area contributed by atoms with Crippen molar-refractivity contribution in [3.63, 3.8) is 0 Å². The van der Waals surface area contributed by atoms with Gasteiger partial charge in [-0.3, -0.25) is 0 Å². The molecule has 2 nitrogen and oxygen atoms in total. The molecule has 0 aliphatic heterocycles. The summed E-state index contributed by atoms with van der Waals surface area (Å²) in [6, 6.07) is 1.72. The summed E-state index contributed by atoms with van der Waals surface area (Å²) in [6.45, 7) is 0. The summed E-state index contributed by atoms with van der Waals surface area (Å²) >= 11 is 12.7. The van der Waals surface area contributed by atoms with Crippen molar-refractivity contribution in [2.45, 2.75) is 11.8 Å². The van der Waals surface area contributed by atoms with Crippen molar-refractivity contribution in [3.8, 4) is 0 Å². The van der Waals surface area contributed by atoms with Gasteiger partial charge >= 0.3 is 5.97 Å². The monoisotopic (exact) mass is 238 g/mol. The number of rotatable bonds is 3. The molecule has 5 heteroatoms. The molecule has 1 rings (SSSR count). The number of ether oxygens (including phenoxy) is 1. The molecule has 0 fully saturated rings. The highest BCUT2D eigenvalue weighted by molar-refractivity contribution is 7.14. The lowest BCUT2D eigenvalue weighted by atomic mass is 10.3. The summed E-state index contributed by atoms with van der Waals surface area (Å²) in [6.07, 6.45) is 0. The highest BCUT2D eigenvalue weighted by Gasteiger charge is 2.13. The van der Waals surface area contributed by atoms with E-state index in [0.717, 1.165) is 10.4 Å². The molecule has 0 atom stereocenters. The van der Waals surface area contributed by atoms with Gasteiger partial charge in [0.15, 0.2) is 0 Å². The van der Waals surface area contributed by atoms with Crippen LogP contribution >= 0.6 is 34.5 Å². The van der Waals surface area contributed by atoms with E-state index in [-0.39, 0.29) is 5.97 Å². The molecule has 1 aromatic rings. The Morgan fingerprint density at radius 3 is 2.62 bits per heavy atom. The van der Waals surface area contributed by atoms with Crippen LogP contribution in [-0.2, 0) is 16.5 Å². The Kier molecular flexibility index (Phi) is 4.03. The minimum Gasteiger partial charge on any atom is -0.465 e. The summed E-state index contributed by atoms with van der Waals surface area (Å²) in [4.78, 5) is 12.6. The third-order valence-corrected chi connectivity index (χ3v) is 3.42. The van der Waals surface area contributed by atoms with Crippen molar-refractivity contribution >= 4 is 40.5 Å². The number of hydrogen-bond donors (Lipinski definition) is 0. The standard InChI is InChI=1S/C8H8Cl2O2S/c1-12-8(11)6-2-5(3-9)7(4-10)13-6/h2H,3-4H2,1H3. The highest BCUT2D eigenvalue weighted by atomic mass is 35.5. The first-order chi connectivity index (χ1) is 6.22. The topological polar surface area (TPSA) is 26.3 Å². The second kappa shape index (κ2) is 4.84. The lowest BCUT2D eigenvalue weighted by Gasteiger charge is -1.91. The van der Waals surface area contributed by atoms with Crippen molar-refractivity contribution in [2.75, 3.05) is 7.11 Å². The normalized spacial score (nSPS) is 10.1. The van der Waals surface area contributed by atoms with Gasteiger partial charge in [0.1, 0.15) is 4.88 Å². The SMILES string of the molecule is COC(=O)c1cc(CCl)c(CCl)s1. The molecular formula is C8H8Cl2O2S. The van der Waals surface area contributed by atoms with E-state index < -0.39 is 0 Å². The Labute approximate surface area is 90.4 Å². The zero-order valence-electron chi connectivity index (χ0n) is 6.97. The summed E-state index contributed by atoms with van der Waals surface area (Å²) < 4.78 is 4.58. The number of alkyl halides is 2. The van der Waals surface area contributed by atoms with Crippen LogP contribution in [0.1, 0.15) is 20.1 Å². The van der Waals surface area contributed by atoms with Gasteiger partial charge in [0.05, 0.1) is 13.0 Å². The molecule has 0 radical (unpaired) electrons. The predicted molar refractivity (Wildman–Crippen MR) is 54.8 cm³/mol. The van der Waals surface area contributed by atoms with Crippen molar-refractivity contribution in [1.82, 2.24) is 0 Å². The third-order valence-electron chi connectivity index (χ3n) is 1.55. The van der Waals surface area contributed by atoms with Gasteiger partial charge in [-0.05, 0) is 11.6 Å². The van der Waals surface area contributed by atoms with Crippen molar-refractivity contribution in [2.24, 2.45) is 0 Å². The quantitative estimate of drug-likeness (QED) is 0.598. The van der Waals surface area contributed by atoms with Gasteiger partial charge in [-0.15, -0.1) is 34.5 Å². The van der Waals surface area contributed by atoms with Gasteiger partial charge in [0, 0.05) is 10.8 Å². The van der Waals surface area contributed by atoms with E-state index in [2.05, 4.69) is 4.74 Å². The van der Waals surface area contributed by atoms with Crippen LogP contribution in [0.3, 0.4) is 0 Å². The van der Waals surface area contributed by atoms with Crippen molar-refractivity contribution in [3.05, 3.63) is 21.4 Å². The average Bonchev–Trinajstić information content (AvgIpc) is 2.59. The molecule has 0 saturated carbocycles. The van der Waals surface area contributed by atoms with E-state index in [1.165, 1.54) is 18.4 Å². The summed E-state index contributed by atoms with van der Waals surface area (Å²) in [7, 11) is 1.35. The van der Waals surface area contributed by atoms with E-state index in [4.69, 9.17) is 23.2 Å². The van der Waals surface area contributed by atoms with Gasteiger partial charge in [0.25, 0.3) is 0 Å². The number of halogens is 2. The molecule has 0 bridgehead atoms. The molecule has 1 heterocycles. The molecule has 1 aromatic heterocycles. The molecule has 0 N–H and O–H groups in total. The van der Waals surface area contributed by atoms with Crippen LogP contribution in [0, 0.1) is 0 Å². The van der Waals surface area contributed by atoms with Crippen LogP contribution in [0.4, 0.5) is 0 Å². The second-order valence-electron chi connectivity index (χ2n) is 2.32. The number of esters is 1. The van der Waals surface area contributed by atoms with E-state index >= 15 is 0 Å². The zero-order chi connectivity index (χ0) is 9.84. The molecule has 72 valence electrons. The minimum atomic E-state index is -0.340. The lowest BCUT2D eigenvalue weighted by Crippen LogP contribution is -1.96. The first-order valence-electron chi connectivity index (χ1n) is 3.54. The predicted octanol–water partition coefficient (Wildman–Crippen LogP) is 3.01. The summed E-state index contributed by atoms with van der Waals surface area (Å²) in [5.41, 5.74) is 0.905. The third kappa shape index (κ3) is 2.36. The van der Waals surface area contributed by atoms with Crippen LogP contribution in [0.25, 0.3) is 0 Å². The van der Waals surface area contributed by atoms with Crippen LogP contribution < -0.4 is 0 Å². The fourth-order valence-electron chi connectivity index (χ4n) is 0.894. The average molecular weight is 239 g/mol. The maximum Gasteiger partial charge on any atom is 0.348 e.